The molecule has 0 unspecified atom stereocenters. The summed E-state index contributed by atoms with van der Waals surface area (Å²) in [4.78, 5) is 18.3. The van der Waals surface area contributed by atoms with E-state index < -0.39 is 0 Å². The molecule has 0 saturated heterocycles. The van der Waals surface area contributed by atoms with Crippen LogP contribution < -0.4 is 5.73 Å². The molecular formula is C16H26Cl2N4O2S. The molecular weight excluding hydrogens is 383 g/mol. The Morgan fingerprint density at radius 3 is 2.64 bits per heavy atom. The van der Waals surface area contributed by atoms with E-state index in [-0.39, 0.29) is 36.1 Å². The molecule has 0 radical (unpaired) electrons. The van der Waals surface area contributed by atoms with Crippen LogP contribution in [0.5, 0.6) is 0 Å². The second kappa shape index (κ2) is 10.1. The van der Waals surface area contributed by atoms with Gasteiger partial charge in [-0.1, -0.05) is 25.6 Å². The van der Waals surface area contributed by atoms with Crippen molar-refractivity contribution in [1.82, 2.24) is 14.5 Å². The predicted molar refractivity (Wildman–Crippen MR) is 106 cm³/mol. The van der Waals surface area contributed by atoms with Gasteiger partial charge in [0.05, 0.1) is 5.75 Å². The van der Waals surface area contributed by atoms with Gasteiger partial charge >= 0.3 is 0 Å². The smallest absolute Gasteiger partial charge is 0.289 e. The van der Waals surface area contributed by atoms with Gasteiger partial charge in [0, 0.05) is 33.0 Å². The van der Waals surface area contributed by atoms with Crippen molar-refractivity contribution in [3.8, 4) is 0 Å². The van der Waals surface area contributed by atoms with Gasteiger partial charge in [-0.15, -0.1) is 24.8 Å². The van der Waals surface area contributed by atoms with Crippen LogP contribution in [0.15, 0.2) is 34.1 Å². The summed E-state index contributed by atoms with van der Waals surface area (Å²) in [5.41, 5.74) is 5.61. The molecule has 0 fully saturated rings. The average Bonchev–Trinajstić information content (AvgIpc) is 3.13. The van der Waals surface area contributed by atoms with Crippen LogP contribution in [0.4, 0.5) is 0 Å². The molecule has 2 aromatic heterocycles. The van der Waals surface area contributed by atoms with Gasteiger partial charge in [0.15, 0.2) is 10.9 Å². The van der Waals surface area contributed by atoms with Gasteiger partial charge in [0.25, 0.3) is 5.91 Å². The van der Waals surface area contributed by atoms with Gasteiger partial charge in [-0.2, -0.15) is 0 Å². The summed E-state index contributed by atoms with van der Waals surface area (Å²) >= 11 is 1.57. The summed E-state index contributed by atoms with van der Waals surface area (Å²) in [7, 11) is 3.71. The zero-order valence-corrected chi connectivity index (χ0v) is 17.3. The van der Waals surface area contributed by atoms with Gasteiger partial charge in [-0.25, -0.2) is 4.98 Å². The van der Waals surface area contributed by atoms with E-state index in [2.05, 4.69) is 4.98 Å². The van der Waals surface area contributed by atoms with Crippen LogP contribution in [0.25, 0.3) is 0 Å². The predicted octanol–water partition coefficient (Wildman–Crippen LogP) is 3.21. The quantitative estimate of drug-likeness (QED) is 0.711. The van der Waals surface area contributed by atoms with Crippen molar-refractivity contribution in [1.29, 1.82) is 0 Å². The fraction of sp³-hybridized carbons (Fsp3) is 0.500. The van der Waals surface area contributed by atoms with Crippen LogP contribution in [0.3, 0.4) is 0 Å². The minimum atomic E-state index is -0.125. The van der Waals surface area contributed by atoms with E-state index in [0.29, 0.717) is 24.6 Å². The first-order valence-corrected chi connectivity index (χ1v) is 8.45. The SMILES string of the molecule is CN(CC(C)(C)CN)C(=O)c1ccc(CSc2nccn2C)o1.Cl.Cl. The van der Waals surface area contributed by atoms with Crippen molar-refractivity contribution in [2.24, 2.45) is 18.2 Å². The molecule has 0 aliphatic heterocycles. The Hall–Kier alpha value is -1.15. The highest BCUT2D eigenvalue weighted by atomic mass is 35.5. The van der Waals surface area contributed by atoms with E-state index in [9.17, 15) is 4.79 Å². The Morgan fingerprint density at radius 1 is 1.40 bits per heavy atom. The lowest BCUT2D eigenvalue weighted by molar-refractivity contribution is 0.0707. The van der Waals surface area contributed by atoms with Crippen molar-refractivity contribution >= 4 is 42.5 Å². The third kappa shape index (κ3) is 6.58. The first-order chi connectivity index (χ1) is 10.8. The Labute approximate surface area is 165 Å². The second-order valence-corrected chi connectivity index (χ2v) is 7.35. The average molecular weight is 409 g/mol. The number of nitrogens with zero attached hydrogens (tertiary/aromatic N) is 3. The summed E-state index contributed by atoms with van der Waals surface area (Å²) in [5, 5.41) is 0.913. The molecule has 142 valence electrons. The molecule has 0 aromatic carbocycles. The number of nitrogens with two attached hydrogens (primary N) is 1. The molecule has 0 saturated carbocycles. The number of imidazole rings is 1. The Bertz CT molecular complexity index is 673. The number of aryl methyl sites for hydroxylation is 1. The molecule has 2 rings (SSSR count). The standard InChI is InChI=1S/C16H24N4O2S.2ClH/c1-16(2,10-17)11-20(4)14(21)13-6-5-12(22-13)9-23-15-18-7-8-19(15)3;;/h5-8H,9-11,17H2,1-4H3;2*1H. The number of amides is 1. The number of rotatable bonds is 7. The molecule has 9 heteroatoms. The van der Waals surface area contributed by atoms with Crippen LogP contribution in [0, 0.1) is 5.41 Å². The Morgan fingerprint density at radius 2 is 2.08 bits per heavy atom. The molecule has 0 bridgehead atoms. The fourth-order valence-corrected chi connectivity index (χ4v) is 2.99. The summed E-state index contributed by atoms with van der Waals surface area (Å²) in [6.07, 6.45) is 3.65. The van der Waals surface area contributed by atoms with E-state index in [4.69, 9.17) is 10.2 Å². The first kappa shape index (κ1) is 23.9. The molecule has 0 spiro atoms. The lowest BCUT2D eigenvalue weighted by Crippen LogP contribution is -2.39. The maximum absolute atomic E-state index is 12.4. The molecule has 25 heavy (non-hydrogen) atoms. The van der Waals surface area contributed by atoms with Crippen LogP contribution in [-0.4, -0.2) is 40.5 Å². The fourth-order valence-electron chi connectivity index (χ4n) is 2.16. The van der Waals surface area contributed by atoms with Crippen molar-refractivity contribution in [3.05, 3.63) is 36.0 Å². The first-order valence-electron chi connectivity index (χ1n) is 7.47. The third-order valence-corrected chi connectivity index (χ3v) is 4.64. The van der Waals surface area contributed by atoms with Crippen LogP contribution in [-0.2, 0) is 12.8 Å². The number of halogens is 2. The number of carbonyl (C=O) groups is 1. The molecule has 0 aliphatic carbocycles. The van der Waals surface area contributed by atoms with E-state index in [1.54, 1.807) is 36.0 Å². The minimum absolute atomic E-state index is 0. The summed E-state index contributed by atoms with van der Waals surface area (Å²) in [5.74, 6) is 1.62. The van der Waals surface area contributed by atoms with Gasteiger partial charge < -0.3 is 19.6 Å². The lowest BCUT2D eigenvalue weighted by atomic mass is 9.93. The number of hydrogen-bond donors (Lipinski definition) is 1. The monoisotopic (exact) mass is 408 g/mol. The molecule has 1 amide bonds. The Balaban J connectivity index is 0.00000288. The summed E-state index contributed by atoms with van der Waals surface area (Å²) < 4.78 is 7.62. The maximum Gasteiger partial charge on any atom is 0.289 e. The van der Waals surface area contributed by atoms with Crippen LogP contribution in [0.2, 0.25) is 0 Å². The zero-order valence-electron chi connectivity index (χ0n) is 14.9. The topological polar surface area (TPSA) is 77.3 Å². The number of furan rings is 1. The van der Waals surface area contributed by atoms with E-state index in [1.807, 2.05) is 37.7 Å². The highest BCUT2D eigenvalue weighted by Gasteiger charge is 2.23. The van der Waals surface area contributed by atoms with Crippen molar-refractivity contribution in [3.63, 3.8) is 0 Å². The number of thioether (sulfide) groups is 1. The van der Waals surface area contributed by atoms with E-state index in [1.165, 1.54) is 0 Å². The van der Waals surface area contributed by atoms with Crippen molar-refractivity contribution in [2.75, 3.05) is 20.1 Å². The third-order valence-electron chi connectivity index (χ3n) is 3.56. The molecule has 6 nitrogen and oxygen atoms in total. The summed E-state index contributed by atoms with van der Waals surface area (Å²) in [6, 6.07) is 3.56. The van der Waals surface area contributed by atoms with Gasteiger partial charge in [-0.3, -0.25) is 4.79 Å². The second-order valence-electron chi connectivity index (χ2n) is 6.40. The molecule has 0 atom stereocenters. The van der Waals surface area contributed by atoms with Gasteiger partial charge in [0.2, 0.25) is 0 Å². The van der Waals surface area contributed by atoms with Crippen LogP contribution >= 0.6 is 36.6 Å². The Kier molecular flexibility index (Phi) is 9.64. The van der Waals surface area contributed by atoms with E-state index >= 15 is 0 Å². The lowest BCUT2D eigenvalue weighted by Gasteiger charge is -2.28. The molecule has 2 aromatic rings. The van der Waals surface area contributed by atoms with Gasteiger partial charge in [-0.05, 0) is 24.1 Å². The minimum Gasteiger partial charge on any atom is -0.455 e. The number of carbonyl (C=O) groups excluding carboxylic acids is 1. The largest absolute Gasteiger partial charge is 0.455 e. The molecule has 2 N–H and O–H groups in total. The number of aromatic nitrogens is 2. The highest BCUT2D eigenvalue weighted by molar-refractivity contribution is 7.98. The van der Waals surface area contributed by atoms with Gasteiger partial charge in [0.1, 0.15) is 5.76 Å². The van der Waals surface area contributed by atoms with Crippen molar-refractivity contribution < 1.29 is 9.21 Å². The summed E-state index contributed by atoms with van der Waals surface area (Å²) in [6.45, 7) is 5.18. The molecule has 2 heterocycles. The van der Waals surface area contributed by atoms with Crippen molar-refractivity contribution in [2.45, 2.75) is 24.8 Å². The highest BCUT2D eigenvalue weighted by Crippen LogP contribution is 2.23. The van der Waals surface area contributed by atoms with Crippen LogP contribution in [0.1, 0.15) is 30.2 Å². The normalized spacial score (nSPS) is 10.8. The zero-order chi connectivity index (χ0) is 17.0. The molecule has 0 aliphatic rings. The maximum atomic E-state index is 12.4. The van der Waals surface area contributed by atoms with E-state index in [0.717, 1.165) is 10.9 Å². The number of hydrogen-bond acceptors (Lipinski definition) is 5.